The Morgan fingerprint density at radius 1 is 1.11 bits per heavy atom. The summed E-state index contributed by atoms with van der Waals surface area (Å²) in [5, 5.41) is 2.43. The minimum absolute atomic E-state index is 0.111. The van der Waals surface area contributed by atoms with Gasteiger partial charge in [0.05, 0.1) is 10.1 Å². The van der Waals surface area contributed by atoms with Crippen molar-refractivity contribution in [3.05, 3.63) is 23.8 Å². The lowest BCUT2D eigenvalue weighted by atomic mass is 9.99. The molecule has 0 bridgehead atoms. The molecule has 1 aromatic carbocycles. The van der Waals surface area contributed by atoms with Crippen LogP contribution >= 0.6 is 0 Å². The lowest BCUT2D eigenvalue weighted by Crippen LogP contribution is -2.42. The summed E-state index contributed by atoms with van der Waals surface area (Å²) in [6, 6.07) is 4.66. The average molecular weight is 430 g/mol. The highest BCUT2D eigenvalue weighted by Crippen LogP contribution is 2.33. The zero-order chi connectivity index (χ0) is 20.5. The number of hydrogen-bond donors (Lipinski definition) is 2. The first-order valence-electron chi connectivity index (χ1n) is 9.46. The average Bonchev–Trinajstić information content (AvgIpc) is 3.45. The van der Waals surface area contributed by atoms with Crippen LogP contribution in [-0.4, -0.2) is 51.9 Å². The van der Waals surface area contributed by atoms with E-state index in [4.69, 9.17) is 0 Å². The summed E-state index contributed by atoms with van der Waals surface area (Å²) in [4.78, 5) is 11.3. The summed E-state index contributed by atoms with van der Waals surface area (Å²) in [5.41, 5.74) is 1.09. The number of carbonyl (C=O) groups excluding carboxylic acids is 1. The number of rotatable bonds is 7. The van der Waals surface area contributed by atoms with Crippen LogP contribution in [0, 0.1) is 12.8 Å². The monoisotopic (exact) mass is 429 g/mol. The fourth-order valence-electron chi connectivity index (χ4n) is 3.48. The lowest BCUT2D eigenvalue weighted by Gasteiger charge is -2.31. The first-order valence-corrected chi connectivity index (χ1v) is 12.4. The summed E-state index contributed by atoms with van der Waals surface area (Å²) < 4.78 is 54.1. The van der Waals surface area contributed by atoms with Crippen molar-refractivity contribution in [1.29, 1.82) is 0 Å². The number of aryl methyl sites for hydroxylation is 1. The zero-order valence-electron chi connectivity index (χ0n) is 16.1. The van der Waals surface area contributed by atoms with Gasteiger partial charge in [0.1, 0.15) is 0 Å². The molecule has 156 valence electrons. The molecule has 1 aliphatic carbocycles. The van der Waals surface area contributed by atoms with Crippen molar-refractivity contribution in [2.24, 2.45) is 5.92 Å². The van der Waals surface area contributed by atoms with E-state index in [-0.39, 0.29) is 28.5 Å². The van der Waals surface area contributed by atoms with E-state index < -0.39 is 20.0 Å². The van der Waals surface area contributed by atoms with Gasteiger partial charge in [-0.1, -0.05) is 0 Å². The first-order chi connectivity index (χ1) is 13.1. The van der Waals surface area contributed by atoms with Crippen LogP contribution in [0.5, 0.6) is 0 Å². The Morgan fingerprint density at radius 3 is 2.29 bits per heavy atom. The van der Waals surface area contributed by atoms with Crippen LogP contribution in [0.2, 0.25) is 0 Å². The molecule has 0 aromatic heterocycles. The van der Waals surface area contributed by atoms with Gasteiger partial charge in [-0.05, 0) is 62.3 Å². The number of anilines is 1. The predicted molar refractivity (Wildman–Crippen MR) is 107 cm³/mol. The molecule has 2 N–H and O–H groups in total. The highest BCUT2D eigenvalue weighted by Gasteiger charge is 2.41. The molecule has 1 aromatic rings. The topological polar surface area (TPSA) is 113 Å². The van der Waals surface area contributed by atoms with Crippen molar-refractivity contribution in [1.82, 2.24) is 9.03 Å². The largest absolute Gasteiger partial charge is 0.326 e. The Labute approximate surface area is 166 Å². The highest BCUT2D eigenvalue weighted by atomic mass is 32.2. The van der Waals surface area contributed by atoms with E-state index in [0.29, 0.717) is 37.2 Å². The Kier molecular flexibility index (Phi) is 6.14. The Morgan fingerprint density at radius 2 is 1.75 bits per heavy atom. The third kappa shape index (κ3) is 4.91. The van der Waals surface area contributed by atoms with Crippen molar-refractivity contribution in [2.45, 2.75) is 49.7 Å². The Hall–Kier alpha value is -1.49. The molecule has 1 saturated heterocycles. The second kappa shape index (κ2) is 8.10. The van der Waals surface area contributed by atoms with E-state index in [0.717, 1.165) is 12.8 Å². The minimum Gasteiger partial charge on any atom is -0.326 e. The standard InChI is InChI=1S/C18H27N3O5S2/c1-13-11-16(20-14(2)22)3-6-18(13)27(23,24)19-12-15-7-9-21(10-8-15)28(25,26)17-4-5-17/h3,6,11,15,17,19H,4-5,7-10,12H2,1-2H3,(H,20,22). The van der Waals surface area contributed by atoms with E-state index in [1.165, 1.54) is 13.0 Å². The van der Waals surface area contributed by atoms with Crippen molar-refractivity contribution in [3.63, 3.8) is 0 Å². The van der Waals surface area contributed by atoms with Gasteiger partial charge in [0.25, 0.3) is 0 Å². The predicted octanol–water partition coefficient (Wildman–Crippen LogP) is 1.44. The quantitative estimate of drug-likeness (QED) is 0.681. The molecule has 2 aliphatic rings. The first kappa shape index (κ1) is 21.2. The van der Waals surface area contributed by atoms with Gasteiger partial charge >= 0.3 is 0 Å². The van der Waals surface area contributed by atoms with E-state index in [1.54, 1.807) is 23.4 Å². The van der Waals surface area contributed by atoms with Gasteiger partial charge in [0.2, 0.25) is 26.0 Å². The minimum atomic E-state index is -3.68. The molecule has 0 spiro atoms. The molecule has 1 aliphatic heterocycles. The smallest absolute Gasteiger partial charge is 0.240 e. The highest BCUT2D eigenvalue weighted by molar-refractivity contribution is 7.90. The van der Waals surface area contributed by atoms with Gasteiger partial charge in [0, 0.05) is 32.2 Å². The second-order valence-electron chi connectivity index (χ2n) is 7.60. The molecule has 1 heterocycles. The van der Waals surface area contributed by atoms with Crippen molar-refractivity contribution >= 4 is 31.6 Å². The van der Waals surface area contributed by atoms with Gasteiger partial charge in [0.15, 0.2) is 0 Å². The molecule has 3 rings (SSSR count). The summed E-state index contributed by atoms with van der Waals surface area (Å²) in [6.07, 6.45) is 2.80. The maximum atomic E-state index is 12.6. The second-order valence-corrected chi connectivity index (χ2v) is 11.5. The normalized spacial score (nSPS) is 19.5. The summed E-state index contributed by atoms with van der Waals surface area (Å²) in [7, 11) is -6.83. The van der Waals surface area contributed by atoms with E-state index in [2.05, 4.69) is 10.0 Å². The van der Waals surface area contributed by atoms with E-state index in [9.17, 15) is 21.6 Å². The van der Waals surface area contributed by atoms with Gasteiger partial charge < -0.3 is 5.32 Å². The van der Waals surface area contributed by atoms with Gasteiger partial charge in [-0.2, -0.15) is 0 Å². The Bertz CT molecular complexity index is 947. The van der Waals surface area contributed by atoms with Crippen LogP contribution < -0.4 is 10.0 Å². The molecule has 0 unspecified atom stereocenters. The van der Waals surface area contributed by atoms with Crippen LogP contribution in [0.1, 0.15) is 38.2 Å². The summed E-state index contributed by atoms with van der Waals surface area (Å²) in [6.45, 7) is 4.27. The molecular weight excluding hydrogens is 402 g/mol. The number of amides is 1. The number of hydrogen-bond acceptors (Lipinski definition) is 5. The molecule has 1 saturated carbocycles. The Balaban J connectivity index is 1.56. The lowest BCUT2D eigenvalue weighted by molar-refractivity contribution is -0.114. The fraction of sp³-hybridized carbons (Fsp3) is 0.611. The van der Waals surface area contributed by atoms with Crippen molar-refractivity contribution in [3.8, 4) is 0 Å². The molecule has 8 nitrogen and oxygen atoms in total. The maximum Gasteiger partial charge on any atom is 0.240 e. The third-order valence-electron chi connectivity index (χ3n) is 5.23. The number of sulfonamides is 2. The van der Waals surface area contributed by atoms with Gasteiger partial charge in [-0.15, -0.1) is 0 Å². The van der Waals surface area contributed by atoms with Gasteiger partial charge in [-0.3, -0.25) is 4.79 Å². The molecular formula is C18H27N3O5S2. The third-order valence-corrected chi connectivity index (χ3v) is 9.21. The maximum absolute atomic E-state index is 12.6. The molecule has 0 radical (unpaired) electrons. The van der Waals surface area contributed by atoms with Crippen LogP contribution in [0.15, 0.2) is 23.1 Å². The van der Waals surface area contributed by atoms with Crippen LogP contribution in [-0.2, 0) is 24.8 Å². The molecule has 2 fully saturated rings. The number of carbonyl (C=O) groups is 1. The number of piperidine rings is 1. The van der Waals surface area contributed by atoms with Crippen LogP contribution in [0.3, 0.4) is 0 Å². The SMILES string of the molecule is CC(=O)Nc1ccc(S(=O)(=O)NCC2CCN(S(=O)(=O)C3CC3)CC2)c(C)c1. The van der Waals surface area contributed by atoms with Crippen molar-refractivity contribution in [2.75, 3.05) is 25.0 Å². The van der Waals surface area contributed by atoms with Crippen molar-refractivity contribution < 1.29 is 21.6 Å². The summed E-state index contributed by atoms with van der Waals surface area (Å²) >= 11 is 0. The molecule has 10 heteroatoms. The number of nitrogens with one attached hydrogen (secondary N) is 2. The number of nitrogens with zero attached hydrogens (tertiary/aromatic N) is 1. The molecule has 0 atom stereocenters. The zero-order valence-corrected chi connectivity index (χ0v) is 17.8. The van der Waals surface area contributed by atoms with Gasteiger partial charge in [-0.25, -0.2) is 25.9 Å². The summed E-state index contributed by atoms with van der Waals surface area (Å²) in [5.74, 6) is -0.109. The van der Waals surface area contributed by atoms with Crippen LogP contribution in [0.4, 0.5) is 5.69 Å². The van der Waals surface area contributed by atoms with Crippen LogP contribution in [0.25, 0.3) is 0 Å². The molecule has 1 amide bonds. The number of benzene rings is 1. The van der Waals surface area contributed by atoms with E-state index in [1.807, 2.05) is 0 Å². The molecule has 28 heavy (non-hydrogen) atoms. The van der Waals surface area contributed by atoms with E-state index >= 15 is 0 Å². The fourth-order valence-corrected chi connectivity index (χ4v) is 6.70.